The minimum Gasteiger partial charge on any atom is -0.383 e. The SMILES string of the molecule is OC1(c2ccn[nH]2)C2CCCC21. The maximum Gasteiger partial charge on any atom is 0.112 e. The Morgan fingerprint density at radius 1 is 1.50 bits per heavy atom. The van der Waals surface area contributed by atoms with Gasteiger partial charge in [0.05, 0.1) is 5.69 Å². The Hall–Kier alpha value is -0.830. The van der Waals surface area contributed by atoms with Crippen molar-refractivity contribution in [1.29, 1.82) is 0 Å². The van der Waals surface area contributed by atoms with E-state index in [4.69, 9.17) is 0 Å². The van der Waals surface area contributed by atoms with Gasteiger partial charge in [0.2, 0.25) is 0 Å². The molecule has 2 N–H and O–H groups in total. The van der Waals surface area contributed by atoms with Crippen LogP contribution in [-0.4, -0.2) is 15.3 Å². The van der Waals surface area contributed by atoms with Gasteiger partial charge in [0.15, 0.2) is 0 Å². The van der Waals surface area contributed by atoms with Gasteiger partial charge in [0, 0.05) is 6.20 Å². The molecular weight excluding hydrogens is 152 g/mol. The van der Waals surface area contributed by atoms with Crippen molar-refractivity contribution in [3.8, 4) is 0 Å². The van der Waals surface area contributed by atoms with Crippen LogP contribution in [0.3, 0.4) is 0 Å². The average Bonchev–Trinajstić information content (AvgIpc) is 2.62. The van der Waals surface area contributed by atoms with E-state index >= 15 is 0 Å². The number of hydrogen-bond donors (Lipinski definition) is 2. The molecule has 3 nitrogen and oxygen atoms in total. The lowest BCUT2D eigenvalue weighted by molar-refractivity contribution is 0.101. The molecule has 0 bridgehead atoms. The molecule has 1 aromatic heterocycles. The van der Waals surface area contributed by atoms with Gasteiger partial charge in [-0.05, 0) is 30.7 Å². The fraction of sp³-hybridized carbons (Fsp3) is 0.667. The van der Waals surface area contributed by atoms with E-state index in [1.165, 1.54) is 19.3 Å². The fourth-order valence-corrected chi connectivity index (χ4v) is 2.80. The molecule has 1 heterocycles. The number of aliphatic hydroxyl groups is 1. The third kappa shape index (κ3) is 0.591. The second kappa shape index (κ2) is 1.91. The highest BCUT2D eigenvalue weighted by Gasteiger charge is 2.67. The highest BCUT2D eigenvalue weighted by Crippen LogP contribution is 2.65. The molecule has 0 saturated heterocycles. The third-order valence-corrected chi connectivity index (χ3v) is 3.47. The van der Waals surface area contributed by atoms with Crippen LogP contribution in [-0.2, 0) is 5.60 Å². The summed E-state index contributed by atoms with van der Waals surface area (Å²) in [5, 5.41) is 16.9. The van der Waals surface area contributed by atoms with Crippen LogP contribution < -0.4 is 0 Å². The summed E-state index contributed by atoms with van der Waals surface area (Å²) in [4.78, 5) is 0. The van der Waals surface area contributed by atoms with Crippen LogP contribution in [0.2, 0.25) is 0 Å². The Balaban J connectivity index is 1.96. The molecule has 3 rings (SSSR count). The number of nitrogens with one attached hydrogen (secondary N) is 1. The molecule has 2 unspecified atom stereocenters. The normalized spacial score (nSPS) is 44.4. The van der Waals surface area contributed by atoms with Gasteiger partial charge in [0.1, 0.15) is 5.60 Å². The molecular formula is C9H12N2O. The van der Waals surface area contributed by atoms with Gasteiger partial charge in [0.25, 0.3) is 0 Å². The number of nitrogens with zero attached hydrogens (tertiary/aromatic N) is 1. The first-order chi connectivity index (χ1) is 5.83. The largest absolute Gasteiger partial charge is 0.383 e. The fourth-order valence-electron chi connectivity index (χ4n) is 2.80. The summed E-state index contributed by atoms with van der Waals surface area (Å²) in [5.74, 6) is 1.02. The van der Waals surface area contributed by atoms with Gasteiger partial charge in [-0.15, -0.1) is 0 Å². The number of rotatable bonds is 1. The number of H-pyrrole nitrogens is 1. The van der Waals surface area contributed by atoms with E-state index < -0.39 is 5.60 Å². The molecule has 2 fully saturated rings. The van der Waals surface area contributed by atoms with Crippen LogP contribution in [0.25, 0.3) is 0 Å². The van der Waals surface area contributed by atoms with Crippen molar-refractivity contribution in [2.24, 2.45) is 11.8 Å². The van der Waals surface area contributed by atoms with Crippen molar-refractivity contribution in [3.05, 3.63) is 18.0 Å². The van der Waals surface area contributed by atoms with E-state index in [9.17, 15) is 5.11 Å². The van der Waals surface area contributed by atoms with Crippen molar-refractivity contribution >= 4 is 0 Å². The molecule has 0 radical (unpaired) electrons. The molecule has 2 aliphatic rings. The first-order valence-corrected chi connectivity index (χ1v) is 4.55. The van der Waals surface area contributed by atoms with Crippen LogP contribution in [0.15, 0.2) is 12.3 Å². The average molecular weight is 164 g/mol. The molecule has 1 aromatic rings. The van der Waals surface area contributed by atoms with Crippen molar-refractivity contribution in [2.45, 2.75) is 24.9 Å². The van der Waals surface area contributed by atoms with Crippen LogP contribution in [0.5, 0.6) is 0 Å². The quantitative estimate of drug-likeness (QED) is 0.651. The summed E-state index contributed by atoms with van der Waals surface area (Å²) in [6.07, 6.45) is 5.35. The highest BCUT2D eigenvalue weighted by molar-refractivity contribution is 5.27. The first-order valence-electron chi connectivity index (χ1n) is 4.55. The zero-order valence-electron chi connectivity index (χ0n) is 6.83. The molecule has 0 aliphatic heterocycles. The summed E-state index contributed by atoms with van der Waals surface area (Å²) < 4.78 is 0. The first kappa shape index (κ1) is 6.66. The van der Waals surface area contributed by atoms with Gasteiger partial charge in [-0.3, -0.25) is 5.10 Å². The highest BCUT2D eigenvalue weighted by atomic mass is 16.3. The lowest BCUT2D eigenvalue weighted by Gasteiger charge is -2.10. The van der Waals surface area contributed by atoms with Gasteiger partial charge >= 0.3 is 0 Å². The van der Waals surface area contributed by atoms with E-state index in [0.717, 1.165) is 5.69 Å². The molecule has 0 amide bonds. The molecule has 64 valence electrons. The van der Waals surface area contributed by atoms with Crippen molar-refractivity contribution in [3.63, 3.8) is 0 Å². The number of hydrogen-bond acceptors (Lipinski definition) is 2. The molecule has 2 atom stereocenters. The van der Waals surface area contributed by atoms with Crippen molar-refractivity contribution < 1.29 is 5.11 Å². The number of fused-ring (bicyclic) bond motifs is 1. The molecule has 12 heavy (non-hydrogen) atoms. The predicted octanol–water partition coefficient (Wildman–Crippen LogP) is 1.03. The van der Waals surface area contributed by atoms with Gasteiger partial charge in [-0.2, -0.15) is 5.10 Å². The Bertz CT molecular complexity index is 283. The number of aromatic amines is 1. The monoisotopic (exact) mass is 164 g/mol. The van der Waals surface area contributed by atoms with Gasteiger partial charge < -0.3 is 5.11 Å². The van der Waals surface area contributed by atoms with E-state index in [1.54, 1.807) is 6.20 Å². The second-order valence-corrected chi connectivity index (χ2v) is 3.94. The van der Waals surface area contributed by atoms with Crippen LogP contribution in [0.4, 0.5) is 0 Å². The lowest BCUT2D eigenvalue weighted by Crippen LogP contribution is -2.13. The summed E-state index contributed by atoms with van der Waals surface area (Å²) in [6.45, 7) is 0. The van der Waals surface area contributed by atoms with Crippen LogP contribution >= 0.6 is 0 Å². The van der Waals surface area contributed by atoms with E-state index in [-0.39, 0.29) is 0 Å². The summed E-state index contributed by atoms with van der Waals surface area (Å²) in [7, 11) is 0. The van der Waals surface area contributed by atoms with Crippen molar-refractivity contribution in [2.75, 3.05) is 0 Å². The van der Waals surface area contributed by atoms with Crippen LogP contribution in [0.1, 0.15) is 25.0 Å². The van der Waals surface area contributed by atoms with E-state index in [1.807, 2.05) is 6.07 Å². The second-order valence-electron chi connectivity index (χ2n) is 3.94. The Morgan fingerprint density at radius 3 is 2.83 bits per heavy atom. The minimum atomic E-state index is -0.533. The predicted molar refractivity (Wildman–Crippen MR) is 43.3 cm³/mol. The zero-order chi connectivity index (χ0) is 8.18. The minimum absolute atomic E-state index is 0.512. The third-order valence-electron chi connectivity index (χ3n) is 3.47. The van der Waals surface area contributed by atoms with E-state index in [0.29, 0.717) is 11.8 Å². The number of aromatic nitrogens is 2. The van der Waals surface area contributed by atoms with Gasteiger partial charge in [-0.25, -0.2) is 0 Å². The van der Waals surface area contributed by atoms with E-state index in [2.05, 4.69) is 10.2 Å². The molecule has 0 spiro atoms. The van der Waals surface area contributed by atoms with Crippen molar-refractivity contribution in [1.82, 2.24) is 10.2 Å². The maximum absolute atomic E-state index is 10.2. The standard InChI is InChI=1S/C9H12N2O/c12-9(8-4-5-10-11-8)6-2-1-3-7(6)9/h4-7,12H,1-3H2,(H,10,11). The summed E-state index contributed by atoms with van der Waals surface area (Å²) in [5.41, 5.74) is 0.381. The Kier molecular flexibility index (Phi) is 1.06. The zero-order valence-corrected chi connectivity index (χ0v) is 6.83. The Labute approximate surface area is 70.8 Å². The van der Waals surface area contributed by atoms with Gasteiger partial charge in [-0.1, -0.05) is 6.42 Å². The summed E-state index contributed by atoms with van der Waals surface area (Å²) >= 11 is 0. The smallest absolute Gasteiger partial charge is 0.112 e. The molecule has 2 aliphatic carbocycles. The molecule has 3 heteroatoms. The molecule has 0 aromatic carbocycles. The Morgan fingerprint density at radius 2 is 2.25 bits per heavy atom. The maximum atomic E-state index is 10.2. The molecule has 2 saturated carbocycles. The topological polar surface area (TPSA) is 48.9 Å². The lowest BCUT2D eigenvalue weighted by atomic mass is 10.1. The summed E-state index contributed by atoms with van der Waals surface area (Å²) in [6, 6.07) is 1.89. The van der Waals surface area contributed by atoms with Crippen LogP contribution in [0, 0.1) is 11.8 Å².